The second-order valence-electron chi connectivity index (χ2n) is 4.92. The third-order valence-electron chi connectivity index (χ3n) is 3.47. The molecule has 0 aliphatic rings. The van der Waals surface area contributed by atoms with Gasteiger partial charge in [0.25, 0.3) is 0 Å². The third-order valence-corrected chi connectivity index (χ3v) is 3.63. The van der Waals surface area contributed by atoms with Gasteiger partial charge in [-0.25, -0.2) is 4.98 Å². The largest absolute Gasteiger partial charge is 0.493 e. The molecular weight excluding hydrogens is 342 g/mol. The lowest BCUT2D eigenvalue weighted by atomic mass is 10.2. The Morgan fingerprint density at radius 3 is 2.48 bits per heavy atom. The van der Waals surface area contributed by atoms with Crippen molar-refractivity contribution in [2.24, 2.45) is 0 Å². The molecule has 0 saturated heterocycles. The van der Waals surface area contributed by atoms with Gasteiger partial charge in [0, 0.05) is 22.7 Å². The number of hydrogen-bond acceptors (Lipinski definition) is 5. The van der Waals surface area contributed by atoms with Crippen LogP contribution in [0.3, 0.4) is 0 Å². The summed E-state index contributed by atoms with van der Waals surface area (Å²) in [7, 11) is 3.14. The zero-order valence-electron chi connectivity index (χ0n) is 13.6. The van der Waals surface area contributed by atoms with Gasteiger partial charge in [0.1, 0.15) is 5.82 Å². The number of benzene rings is 2. The van der Waals surface area contributed by atoms with Crippen LogP contribution in [0.1, 0.15) is 5.56 Å². The minimum absolute atomic E-state index is 0. The number of fused-ring (bicyclic) bond motifs is 1. The highest BCUT2D eigenvalue weighted by Gasteiger charge is 2.13. The average molecular weight is 358 g/mol. The van der Waals surface area contributed by atoms with E-state index in [0.717, 1.165) is 16.6 Å². The van der Waals surface area contributed by atoms with E-state index in [1.165, 1.54) is 0 Å². The summed E-state index contributed by atoms with van der Waals surface area (Å²) in [6.07, 6.45) is 5.44. The van der Waals surface area contributed by atoms with E-state index < -0.39 is 0 Å². The van der Waals surface area contributed by atoms with Crippen molar-refractivity contribution in [3.63, 3.8) is 0 Å². The molecule has 0 saturated carbocycles. The summed E-state index contributed by atoms with van der Waals surface area (Å²) in [6.45, 7) is 0. The van der Waals surface area contributed by atoms with Crippen molar-refractivity contribution >= 4 is 34.0 Å². The molecule has 0 aliphatic carbocycles. The van der Waals surface area contributed by atoms with Gasteiger partial charge < -0.3 is 20.3 Å². The summed E-state index contributed by atoms with van der Waals surface area (Å²) in [5.74, 6) is 4.30. The Bertz CT molecular complexity index is 954. The molecule has 128 valence electrons. The molecule has 1 aromatic heterocycles. The molecular formula is C18H16ClN3O3. The molecule has 25 heavy (non-hydrogen) atoms. The first-order valence-corrected chi connectivity index (χ1v) is 7.45. The fraction of sp³-hybridized carbons (Fsp3) is 0.111. The van der Waals surface area contributed by atoms with E-state index in [2.05, 4.69) is 21.2 Å². The van der Waals surface area contributed by atoms with Gasteiger partial charge in [0.2, 0.25) is 5.28 Å². The standard InChI is InChI=1S/C18H14ClN3O2.H2O/c1-4-11-6-5-7-12(8-11)20-17-13-9-15(23-2)16(24-3)10-14(13)21-18(19)22-17;/h1,5-10H,2-3H3,(H,20,21,22);1H2. The topological polar surface area (TPSA) is 87.8 Å². The lowest BCUT2D eigenvalue weighted by molar-refractivity contribution is 0.356. The Labute approximate surface area is 150 Å². The molecule has 6 nitrogen and oxygen atoms in total. The molecule has 1 heterocycles. The number of nitrogens with zero attached hydrogens (tertiary/aromatic N) is 2. The van der Waals surface area contributed by atoms with Crippen molar-refractivity contribution in [3.8, 4) is 23.8 Å². The number of methoxy groups -OCH3 is 2. The minimum Gasteiger partial charge on any atom is -0.493 e. The molecule has 0 spiro atoms. The SMILES string of the molecule is C#Cc1cccc(Nc2nc(Cl)nc3cc(OC)c(OC)cc23)c1.O. The molecule has 0 radical (unpaired) electrons. The van der Waals surface area contributed by atoms with Crippen molar-refractivity contribution < 1.29 is 14.9 Å². The van der Waals surface area contributed by atoms with Gasteiger partial charge in [-0.05, 0) is 35.9 Å². The van der Waals surface area contributed by atoms with Crippen LogP contribution < -0.4 is 14.8 Å². The molecule has 0 amide bonds. The van der Waals surface area contributed by atoms with Crippen LogP contribution >= 0.6 is 11.6 Å². The molecule has 2 aromatic carbocycles. The molecule has 0 bridgehead atoms. The third kappa shape index (κ3) is 3.74. The van der Waals surface area contributed by atoms with Gasteiger partial charge in [-0.15, -0.1) is 6.42 Å². The lowest BCUT2D eigenvalue weighted by Crippen LogP contribution is -1.99. The number of anilines is 2. The van der Waals surface area contributed by atoms with E-state index in [9.17, 15) is 0 Å². The van der Waals surface area contributed by atoms with E-state index in [1.54, 1.807) is 26.4 Å². The van der Waals surface area contributed by atoms with Crippen LogP contribution in [0.25, 0.3) is 10.9 Å². The Balaban J connectivity index is 0.00000225. The fourth-order valence-corrected chi connectivity index (χ4v) is 2.52. The van der Waals surface area contributed by atoms with Gasteiger partial charge in [-0.1, -0.05) is 12.0 Å². The van der Waals surface area contributed by atoms with Crippen LogP contribution in [0.2, 0.25) is 5.28 Å². The number of aromatic nitrogens is 2. The van der Waals surface area contributed by atoms with E-state index in [-0.39, 0.29) is 10.8 Å². The van der Waals surface area contributed by atoms with Crippen molar-refractivity contribution in [2.45, 2.75) is 0 Å². The summed E-state index contributed by atoms with van der Waals surface area (Å²) < 4.78 is 10.7. The molecule has 0 aliphatic heterocycles. The maximum absolute atomic E-state index is 6.05. The monoisotopic (exact) mass is 357 g/mol. The van der Waals surface area contributed by atoms with Gasteiger partial charge >= 0.3 is 0 Å². The first kappa shape index (κ1) is 18.3. The quantitative estimate of drug-likeness (QED) is 0.572. The molecule has 3 N–H and O–H groups in total. The maximum atomic E-state index is 6.05. The summed E-state index contributed by atoms with van der Waals surface area (Å²) in [5, 5.41) is 4.11. The number of hydrogen-bond donors (Lipinski definition) is 1. The smallest absolute Gasteiger partial charge is 0.224 e. The van der Waals surface area contributed by atoms with Crippen LogP contribution in [0, 0.1) is 12.3 Å². The number of nitrogens with one attached hydrogen (secondary N) is 1. The van der Waals surface area contributed by atoms with Crippen LogP contribution in [0.5, 0.6) is 11.5 Å². The van der Waals surface area contributed by atoms with Crippen LogP contribution in [0.4, 0.5) is 11.5 Å². The Kier molecular flexibility index (Phi) is 5.65. The molecule has 0 fully saturated rings. The maximum Gasteiger partial charge on any atom is 0.224 e. The Hall–Kier alpha value is -3.01. The van der Waals surface area contributed by atoms with Crippen LogP contribution in [-0.4, -0.2) is 29.7 Å². The molecule has 3 aromatic rings. The Morgan fingerprint density at radius 2 is 1.80 bits per heavy atom. The van der Waals surface area contributed by atoms with Crippen molar-refractivity contribution in [2.75, 3.05) is 19.5 Å². The first-order chi connectivity index (χ1) is 11.6. The van der Waals surface area contributed by atoms with Gasteiger partial charge in [0.15, 0.2) is 11.5 Å². The van der Waals surface area contributed by atoms with E-state index in [4.69, 9.17) is 27.5 Å². The Morgan fingerprint density at radius 1 is 1.08 bits per heavy atom. The number of terminal acetylenes is 1. The zero-order valence-corrected chi connectivity index (χ0v) is 14.4. The van der Waals surface area contributed by atoms with E-state index in [0.29, 0.717) is 22.8 Å². The summed E-state index contributed by atoms with van der Waals surface area (Å²) in [6, 6.07) is 11.0. The lowest BCUT2D eigenvalue weighted by Gasteiger charge is -2.13. The first-order valence-electron chi connectivity index (χ1n) is 7.07. The van der Waals surface area contributed by atoms with E-state index in [1.807, 2.05) is 24.3 Å². The summed E-state index contributed by atoms with van der Waals surface area (Å²) in [4.78, 5) is 8.52. The second kappa shape index (κ2) is 7.71. The average Bonchev–Trinajstić information content (AvgIpc) is 2.60. The van der Waals surface area contributed by atoms with Crippen LogP contribution in [0.15, 0.2) is 36.4 Å². The van der Waals surface area contributed by atoms with Crippen molar-refractivity contribution in [1.82, 2.24) is 9.97 Å². The molecule has 0 atom stereocenters. The van der Waals surface area contributed by atoms with Gasteiger partial charge in [-0.3, -0.25) is 0 Å². The second-order valence-corrected chi connectivity index (χ2v) is 5.25. The highest BCUT2D eigenvalue weighted by atomic mass is 35.5. The number of halogens is 1. The normalized spacial score (nSPS) is 9.84. The molecule has 0 unspecified atom stereocenters. The molecule has 7 heteroatoms. The van der Waals surface area contributed by atoms with Gasteiger partial charge in [0.05, 0.1) is 19.7 Å². The highest BCUT2D eigenvalue weighted by Crippen LogP contribution is 2.35. The van der Waals surface area contributed by atoms with Gasteiger partial charge in [-0.2, -0.15) is 4.98 Å². The summed E-state index contributed by atoms with van der Waals surface area (Å²) in [5.41, 5.74) is 2.21. The van der Waals surface area contributed by atoms with Crippen molar-refractivity contribution in [1.29, 1.82) is 0 Å². The number of ether oxygens (including phenoxy) is 2. The highest BCUT2D eigenvalue weighted by molar-refractivity contribution is 6.28. The minimum atomic E-state index is 0. The zero-order chi connectivity index (χ0) is 17.1. The molecule has 3 rings (SSSR count). The fourth-order valence-electron chi connectivity index (χ4n) is 2.35. The van der Waals surface area contributed by atoms with Crippen molar-refractivity contribution in [3.05, 3.63) is 47.2 Å². The van der Waals surface area contributed by atoms with Crippen LogP contribution in [-0.2, 0) is 0 Å². The number of rotatable bonds is 4. The van der Waals surface area contributed by atoms with E-state index >= 15 is 0 Å². The summed E-state index contributed by atoms with van der Waals surface area (Å²) >= 11 is 6.05. The predicted molar refractivity (Wildman–Crippen MR) is 98.9 cm³/mol. The predicted octanol–water partition coefficient (Wildman–Crippen LogP) is 3.20.